The topological polar surface area (TPSA) is 26.7 Å². The predicted molar refractivity (Wildman–Crippen MR) is 84.0 cm³/mol. The van der Waals surface area contributed by atoms with E-state index in [2.05, 4.69) is 55.8 Å². The van der Waals surface area contributed by atoms with Crippen LogP contribution in [0, 0.1) is 13.8 Å². The van der Waals surface area contributed by atoms with Crippen molar-refractivity contribution in [3.05, 3.63) is 34.9 Å². The molecule has 0 saturated carbocycles. The molecule has 112 valence electrons. The molecule has 0 amide bonds. The summed E-state index contributed by atoms with van der Waals surface area (Å²) in [6.45, 7) is 10.4. The van der Waals surface area contributed by atoms with Crippen LogP contribution < -0.4 is 0 Å². The Morgan fingerprint density at radius 1 is 1.20 bits per heavy atom. The lowest BCUT2D eigenvalue weighted by Crippen LogP contribution is -2.51. The number of aryl methyl sites for hydroxylation is 2. The Labute approximate surface area is 123 Å². The van der Waals surface area contributed by atoms with E-state index in [9.17, 15) is 5.11 Å². The second-order valence-corrected chi connectivity index (χ2v) is 6.24. The molecule has 1 N–H and O–H groups in total. The average molecular weight is 276 g/mol. The van der Waals surface area contributed by atoms with E-state index in [-0.39, 0.29) is 6.10 Å². The van der Waals surface area contributed by atoms with Gasteiger partial charge in [0.2, 0.25) is 0 Å². The second kappa shape index (κ2) is 6.70. The first kappa shape index (κ1) is 15.5. The molecule has 0 bridgehead atoms. The summed E-state index contributed by atoms with van der Waals surface area (Å²) in [5.74, 6) is 0. The summed E-state index contributed by atoms with van der Waals surface area (Å²) >= 11 is 0. The van der Waals surface area contributed by atoms with Crippen LogP contribution in [0.4, 0.5) is 0 Å². The minimum Gasteiger partial charge on any atom is -0.387 e. The van der Waals surface area contributed by atoms with Gasteiger partial charge < -0.3 is 10.0 Å². The van der Waals surface area contributed by atoms with Gasteiger partial charge in [-0.05, 0) is 32.9 Å². The molecule has 1 fully saturated rings. The standard InChI is InChI=1S/C17H28N2O/c1-5-16-11-19(7-6-18(16)4)12-17(20)15-9-13(2)8-14(3)10-15/h8-10,16-17,20H,5-7,11-12H2,1-4H3. The maximum atomic E-state index is 10.5. The van der Waals surface area contributed by atoms with E-state index in [0.717, 1.165) is 31.7 Å². The van der Waals surface area contributed by atoms with E-state index in [4.69, 9.17) is 0 Å². The van der Waals surface area contributed by atoms with Gasteiger partial charge in [0.1, 0.15) is 0 Å². The van der Waals surface area contributed by atoms with Gasteiger partial charge in [0.25, 0.3) is 0 Å². The number of rotatable bonds is 4. The van der Waals surface area contributed by atoms with Gasteiger partial charge in [-0.2, -0.15) is 0 Å². The van der Waals surface area contributed by atoms with Crippen LogP contribution in [-0.4, -0.2) is 54.2 Å². The highest BCUT2D eigenvalue weighted by Crippen LogP contribution is 2.20. The summed E-state index contributed by atoms with van der Waals surface area (Å²) in [6.07, 6.45) is 0.793. The van der Waals surface area contributed by atoms with Crippen molar-refractivity contribution in [1.29, 1.82) is 0 Å². The molecular formula is C17H28N2O. The first-order valence-electron chi connectivity index (χ1n) is 7.68. The van der Waals surface area contributed by atoms with Gasteiger partial charge in [-0.25, -0.2) is 0 Å². The number of aliphatic hydroxyl groups is 1. The highest BCUT2D eigenvalue weighted by Gasteiger charge is 2.24. The molecule has 1 aliphatic rings. The van der Waals surface area contributed by atoms with Gasteiger partial charge in [-0.3, -0.25) is 4.90 Å². The van der Waals surface area contributed by atoms with Crippen molar-refractivity contribution in [2.75, 3.05) is 33.2 Å². The van der Waals surface area contributed by atoms with Crippen molar-refractivity contribution in [2.24, 2.45) is 0 Å². The van der Waals surface area contributed by atoms with Crippen molar-refractivity contribution >= 4 is 0 Å². The third-order valence-electron chi connectivity index (χ3n) is 4.39. The van der Waals surface area contributed by atoms with Crippen LogP contribution in [0.2, 0.25) is 0 Å². The van der Waals surface area contributed by atoms with E-state index in [1.165, 1.54) is 17.5 Å². The summed E-state index contributed by atoms with van der Waals surface area (Å²) in [4.78, 5) is 4.83. The van der Waals surface area contributed by atoms with Gasteiger partial charge in [-0.1, -0.05) is 36.2 Å². The fourth-order valence-electron chi connectivity index (χ4n) is 3.17. The Hall–Kier alpha value is -0.900. The molecule has 1 aliphatic heterocycles. The van der Waals surface area contributed by atoms with E-state index >= 15 is 0 Å². The number of β-amino-alcohol motifs (C(OH)–C–C–N with tert-alkyl or cyclic N) is 1. The second-order valence-electron chi connectivity index (χ2n) is 6.24. The van der Waals surface area contributed by atoms with Gasteiger partial charge in [0.15, 0.2) is 0 Å². The lowest BCUT2D eigenvalue weighted by Gasteiger charge is -2.39. The van der Waals surface area contributed by atoms with Crippen molar-refractivity contribution in [3.63, 3.8) is 0 Å². The molecule has 1 aromatic carbocycles. The normalized spacial score (nSPS) is 22.9. The Balaban J connectivity index is 1.99. The summed E-state index contributed by atoms with van der Waals surface area (Å²) in [5, 5.41) is 10.5. The molecule has 1 aromatic rings. The summed E-state index contributed by atoms with van der Waals surface area (Å²) < 4.78 is 0. The summed E-state index contributed by atoms with van der Waals surface area (Å²) in [5.41, 5.74) is 3.50. The average Bonchev–Trinajstić information content (AvgIpc) is 2.39. The van der Waals surface area contributed by atoms with Crippen molar-refractivity contribution < 1.29 is 5.11 Å². The number of aliphatic hydroxyl groups excluding tert-OH is 1. The van der Waals surface area contributed by atoms with E-state index < -0.39 is 0 Å². The third-order valence-corrected chi connectivity index (χ3v) is 4.39. The van der Waals surface area contributed by atoms with Crippen molar-refractivity contribution in [1.82, 2.24) is 9.80 Å². The SMILES string of the molecule is CCC1CN(CC(O)c2cc(C)cc(C)c2)CCN1C. The first-order valence-corrected chi connectivity index (χ1v) is 7.68. The highest BCUT2D eigenvalue weighted by atomic mass is 16.3. The minimum atomic E-state index is -0.380. The molecular weight excluding hydrogens is 248 g/mol. The quantitative estimate of drug-likeness (QED) is 0.914. The Morgan fingerprint density at radius 3 is 2.45 bits per heavy atom. The Kier molecular flexibility index (Phi) is 5.19. The van der Waals surface area contributed by atoms with Crippen LogP contribution in [-0.2, 0) is 0 Å². The summed E-state index contributed by atoms with van der Waals surface area (Å²) in [6, 6.07) is 6.98. The Bertz CT molecular complexity index is 426. The Morgan fingerprint density at radius 2 is 1.85 bits per heavy atom. The predicted octanol–water partition coefficient (Wildman–Crippen LogP) is 2.36. The molecule has 1 heterocycles. The van der Waals surface area contributed by atoms with Gasteiger partial charge in [-0.15, -0.1) is 0 Å². The van der Waals surface area contributed by atoms with Crippen LogP contribution in [0.5, 0.6) is 0 Å². The molecule has 2 atom stereocenters. The largest absolute Gasteiger partial charge is 0.387 e. The lowest BCUT2D eigenvalue weighted by atomic mass is 10.0. The van der Waals surface area contributed by atoms with Crippen LogP contribution >= 0.6 is 0 Å². The smallest absolute Gasteiger partial charge is 0.0917 e. The van der Waals surface area contributed by atoms with Crippen LogP contribution in [0.25, 0.3) is 0 Å². The number of benzene rings is 1. The zero-order valence-electron chi connectivity index (χ0n) is 13.3. The molecule has 20 heavy (non-hydrogen) atoms. The van der Waals surface area contributed by atoms with Gasteiger partial charge in [0, 0.05) is 32.2 Å². The molecule has 3 heteroatoms. The molecule has 2 rings (SSSR count). The van der Waals surface area contributed by atoms with Crippen LogP contribution in [0.15, 0.2) is 18.2 Å². The maximum absolute atomic E-state index is 10.5. The molecule has 0 spiro atoms. The maximum Gasteiger partial charge on any atom is 0.0917 e. The fourth-order valence-corrected chi connectivity index (χ4v) is 3.17. The van der Waals surface area contributed by atoms with Crippen molar-refractivity contribution in [2.45, 2.75) is 39.3 Å². The number of likely N-dealkylation sites (N-methyl/N-ethyl adjacent to an activating group) is 1. The lowest BCUT2D eigenvalue weighted by molar-refractivity contribution is 0.0502. The van der Waals surface area contributed by atoms with Crippen LogP contribution in [0.1, 0.15) is 36.1 Å². The zero-order valence-corrected chi connectivity index (χ0v) is 13.3. The molecule has 0 radical (unpaired) electrons. The molecule has 3 nitrogen and oxygen atoms in total. The number of hydrogen-bond acceptors (Lipinski definition) is 3. The van der Waals surface area contributed by atoms with E-state index in [0.29, 0.717) is 6.04 Å². The first-order chi connectivity index (χ1) is 9.49. The number of nitrogens with zero attached hydrogens (tertiary/aromatic N) is 2. The monoisotopic (exact) mass is 276 g/mol. The van der Waals surface area contributed by atoms with Crippen molar-refractivity contribution in [3.8, 4) is 0 Å². The van der Waals surface area contributed by atoms with E-state index in [1.807, 2.05) is 0 Å². The number of hydrogen-bond donors (Lipinski definition) is 1. The molecule has 0 aromatic heterocycles. The third kappa shape index (κ3) is 3.81. The molecule has 1 saturated heterocycles. The number of piperazine rings is 1. The van der Waals surface area contributed by atoms with Gasteiger partial charge >= 0.3 is 0 Å². The zero-order chi connectivity index (χ0) is 14.7. The molecule has 2 unspecified atom stereocenters. The van der Waals surface area contributed by atoms with Crippen LogP contribution in [0.3, 0.4) is 0 Å². The highest BCUT2D eigenvalue weighted by molar-refractivity contribution is 5.30. The minimum absolute atomic E-state index is 0.380. The van der Waals surface area contributed by atoms with Gasteiger partial charge in [0.05, 0.1) is 6.10 Å². The molecule has 0 aliphatic carbocycles. The fraction of sp³-hybridized carbons (Fsp3) is 0.647. The summed E-state index contributed by atoms with van der Waals surface area (Å²) in [7, 11) is 2.20. The van der Waals surface area contributed by atoms with E-state index in [1.54, 1.807) is 0 Å².